The van der Waals surface area contributed by atoms with E-state index in [0.29, 0.717) is 35.5 Å². The second-order valence-corrected chi connectivity index (χ2v) is 6.90. The molecule has 0 spiro atoms. The zero-order chi connectivity index (χ0) is 24.2. The smallest absolute Gasteiger partial charge is 0.417 e. The second kappa shape index (κ2) is 9.52. The molecule has 0 aliphatic heterocycles. The van der Waals surface area contributed by atoms with Crippen molar-refractivity contribution in [1.29, 1.82) is 5.26 Å². The molecule has 0 saturated heterocycles. The number of benzene rings is 1. The zero-order valence-electron chi connectivity index (χ0n) is 17.9. The molecule has 2 aromatic heterocycles. The summed E-state index contributed by atoms with van der Waals surface area (Å²) in [6, 6.07) is 5.36. The molecule has 11 heteroatoms. The molecule has 8 nitrogen and oxygen atoms in total. The Labute approximate surface area is 187 Å². The van der Waals surface area contributed by atoms with Crippen molar-refractivity contribution in [3.63, 3.8) is 0 Å². The van der Waals surface area contributed by atoms with Gasteiger partial charge in [-0.2, -0.15) is 18.4 Å². The summed E-state index contributed by atoms with van der Waals surface area (Å²) in [6.45, 7) is 5.77. The number of hydrogen-bond donors (Lipinski definition) is 2. The van der Waals surface area contributed by atoms with Crippen LogP contribution in [0.4, 0.5) is 29.3 Å². The number of ether oxygens (including phenoxy) is 1. The number of amides is 2. The number of pyridine rings is 1. The predicted molar refractivity (Wildman–Crippen MR) is 115 cm³/mol. The Balaban J connectivity index is 1.79. The number of hydrogen-bond acceptors (Lipinski definition) is 6. The average molecular weight is 456 g/mol. The Morgan fingerprint density at radius 3 is 2.55 bits per heavy atom. The van der Waals surface area contributed by atoms with Gasteiger partial charge in [-0.25, -0.2) is 14.8 Å². The van der Waals surface area contributed by atoms with Gasteiger partial charge in [-0.15, -0.1) is 0 Å². The lowest BCUT2D eigenvalue weighted by Crippen LogP contribution is -2.21. The van der Waals surface area contributed by atoms with Crippen molar-refractivity contribution < 1.29 is 22.7 Å². The molecule has 0 bridgehead atoms. The maximum absolute atomic E-state index is 13.1. The predicted octanol–water partition coefficient (Wildman–Crippen LogP) is 5.09. The third-order valence-corrected chi connectivity index (χ3v) is 4.47. The summed E-state index contributed by atoms with van der Waals surface area (Å²) < 4.78 is 45.0. The molecule has 0 aliphatic rings. The molecule has 0 fully saturated rings. The van der Waals surface area contributed by atoms with Crippen LogP contribution >= 0.6 is 0 Å². The van der Waals surface area contributed by atoms with Gasteiger partial charge in [-0.05, 0) is 39.0 Å². The highest BCUT2D eigenvalue weighted by molar-refractivity contribution is 6.00. The van der Waals surface area contributed by atoms with E-state index in [1.165, 1.54) is 18.3 Å². The molecule has 3 aromatic rings. The molecule has 0 aliphatic carbocycles. The lowest BCUT2D eigenvalue weighted by molar-refractivity contribution is -0.137. The SMILES string of the molecule is CCOc1cc(C)ncc1-c1ncc(NC(=O)Nc2ccc(C#N)c(C(F)(F)F)c2)c(C)n1. The Bertz CT molecular complexity index is 1240. The second-order valence-electron chi connectivity index (χ2n) is 6.90. The van der Waals surface area contributed by atoms with Crippen LogP contribution in [0.15, 0.2) is 36.7 Å². The first-order chi connectivity index (χ1) is 15.6. The van der Waals surface area contributed by atoms with Crippen molar-refractivity contribution in [3.8, 4) is 23.2 Å². The van der Waals surface area contributed by atoms with Gasteiger partial charge in [0.1, 0.15) is 5.75 Å². The van der Waals surface area contributed by atoms with Gasteiger partial charge in [0, 0.05) is 23.6 Å². The van der Waals surface area contributed by atoms with E-state index in [-0.39, 0.29) is 11.4 Å². The van der Waals surface area contributed by atoms with Crippen molar-refractivity contribution in [3.05, 3.63) is 59.2 Å². The number of aromatic nitrogens is 3. The molecular weight excluding hydrogens is 437 g/mol. The lowest BCUT2D eigenvalue weighted by atomic mass is 10.1. The third kappa shape index (κ3) is 5.54. The Morgan fingerprint density at radius 2 is 1.91 bits per heavy atom. The number of rotatable bonds is 5. The number of nitrogens with one attached hydrogen (secondary N) is 2. The van der Waals surface area contributed by atoms with Crippen molar-refractivity contribution >= 4 is 17.4 Å². The van der Waals surface area contributed by atoms with E-state index in [4.69, 9.17) is 10.00 Å². The molecule has 170 valence electrons. The minimum Gasteiger partial charge on any atom is -0.493 e. The fourth-order valence-corrected chi connectivity index (χ4v) is 2.94. The van der Waals surface area contributed by atoms with E-state index in [2.05, 4.69) is 25.6 Å². The van der Waals surface area contributed by atoms with Crippen molar-refractivity contribution in [2.75, 3.05) is 17.2 Å². The first-order valence-corrected chi connectivity index (χ1v) is 9.75. The Hall–Kier alpha value is -4.20. The van der Waals surface area contributed by atoms with E-state index in [0.717, 1.165) is 11.8 Å². The number of urea groups is 1. The number of anilines is 2. The molecule has 33 heavy (non-hydrogen) atoms. The van der Waals surface area contributed by atoms with Gasteiger partial charge in [-0.1, -0.05) is 0 Å². The molecule has 1 aromatic carbocycles. The Kier molecular flexibility index (Phi) is 6.77. The molecule has 2 amide bonds. The van der Waals surface area contributed by atoms with Crippen LogP contribution in [0.25, 0.3) is 11.4 Å². The molecule has 2 N–H and O–H groups in total. The maximum atomic E-state index is 13.1. The van der Waals surface area contributed by atoms with Crippen LogP contribution in [-0.2, 0) is 6.18 Å². The summed E-state index contributed by atoms with van der Waals surface area (Å²) in [4.78, 5) is 25.2. The van der Waals surface area contributed by atoms with Gasteiger partial charge >= 0.3 is 12.2 Å². The molecular formula is C22H19F3N6O2. The summed E-state index contributed by atoms with van der Waals surface area (Å²) in [7, 11) is 0. The lowest BCUT2D eigenvalue weighted by Gasteiger charge is -2.14. The molecule has 0 unspecified atom stereocenters. The van der Waals surface area contributed by atoms with E-state index < -0.39 is 23.3 Å². The highest BCUT2D eigenvalue weighted by Gasteiger charge is 2.34. The molecule has 0 radical (unpaired) electrons. The van der Waals surface area contributed by atoms with E-state index in [1.54, 1.807) is 19.2 Å². The van der Waals surface area contributed by atoms with Crippen LogP contribution in [0.1, 0.15) is 29.4 Å². The maximum Gasteiger partial charge on any atom is 0.417 e. The summed E-state index contributed by atoms with van der Waals surface area (Å²) in [5.74, 6) is 0.917. The monoisotopic (exact) mass is 456 g/mol. The van der Waals surface area contributed by atoms with Crippen molar-refractivity contribution in [1.82, 2.24) is 15.0 Å². The van der Waals surface area contributed by atoms with Crippen LogP contribution in [-0.4, -0.2) is 27.6 Å². The number of nitrogens with zero attached hydrogens (tertiary/aromatic N) is 4. The number of aryl methyl sites for hydroxylation is 2. The first-order valence-electron chi connectivity index (χ1n) is 9.75. The van der Waals surface area contributed by atoms with Gasteiger partial charge in [-0.3, -0.25) is 4.98 Å². The van der Waals surface area contributed by atoms with Gasteiger partial charge in [0.15, 0.2) is 5.82 Å². The number of carbonyl (C=O) groups is 1. The quantitative estimate of drug-likeness (QED) is 0.553. The van der Waals surface area contributed by atoms with Crippen molar-refractivity contribution in [2.24, 2.45) is 0 Å². The summed E-state index contributed by atoms with van der Waals surface area (Å²) in [5.41, 5.74) is 0.243. The van der Waals surface area contributed by atoms with Crippen LogP contribution in [0.2, 0.25) is 0 Å². The van der Waals surface area contributed by atoms with Crippen LogP contribution < -0.4 is 15.4 Å². The highest BCUT2D eigenvalue weighted by atomic mass is 19.4. The zero-order valence-corrected chi connectivity index (χ0v) is 17.9. The average Bonchev–Trinajstić information content (AvgIpc) is 2.75. The summed E-state index contributed by atoms with van der Waals surface area (Å²) in [5, 5.41) is 13.7. The van der Waals surface area contributed by atoms with Crippen LogP contribution in [0.5, 0.6) is 5.75 Å². The third-order valence-electron chi connectivity index (χ3n) is 4.47. The molecule has 2 heterocycles. The Morgan fingerprint density at radius 1 is 1.15 bits per heavy atom. The fraction of sp³-hybridized carbons (Fsp3) is 0.227. The molecule has 0 saturated carbocycles. The summed E-state index contributed by atoms with van der Waals surface area (Å²) in [6.07, 6.45) is -1.75. The van der Waals surface area contributed by atoms with E-state index in [9.17, 15) is 18.0 Å². The van der Waals surface area contributed by atoms with Gasteiger partial charge < -0.3 is 15.4 Å². The number of nitriles is 1. The number of halogens is 3. The van der Waals surface area contributed by atoms with E-state index in [1.807, 2.05) is 13.8 Å². The van der Waals surface area contributed by atoms with E-state index >= 15 is 0 Å². The number of alkyl halides is 3. The largest absolute Gasteiger partial charge is 0.493 e. The fourth-order valence-electron chi connectivity index (χ4n) is 2.94. The summed E-state index contributed by atoms with van der Waals surface area (Å²) >= 11 is 0. The van der Waals surface area contributed by atoms with Crippen LogP contribution in [0.3, 0.4) is 0 Å². The van der Waals surface area contributed by atoms with Crippen LogP contribution in [0, 0.1) is 25.2 Å². The molecule has 0 atom stereocenters. The minimum absolute atomic E-state index is 0.124. The van der Waals surface area contributed by atoms with Gasteiger partial charge in [0.05, 0.1) is 46.9 Å². The topological polar surface area (TPSA) is 113 Å². The molecule has 3 rings (SSSR count). The van der Waals surface area contributed by atoms with Gasteiger partial charge in [0.25, 0.3) is 0 Å². The van der Waals surface area contributed by atoms with Gasteiger partial charge in [0.2, 0.25) is 0 Å². The van der Waals surface area contributed by atoms with Crippen molar-refractivity contribution in [2.45, 2.75) is 26.9 Å². The standard InChI is InChI=1S/C22H19F3N6O2/c1-4-33-19-7-12(2)27-10-16(19)20-28-11-18(13(3)29-20)31-21(32)30-15-6-5-14(9-26)17(8-15)22(23,24)25/h5-8,10-11H,4H2,1-3H3,(H2,30,31,32). The first kappa shape index (κ1) is 23.5. The minimum atomic E-state index is -4.73. The number of carbonyl (C=O) groups excluding carboxylic acids is 1. The normalized spacial score (nSPS) is 10.9. The highest BCUT2D eigenvalue weighted by Crippen LogP contribution is 2.33.